The van der Waals surface area contributed by atoms with Crippen molar-refractivity contribution in [2.75, 3.05) is 0 Å². The van der Waals surface area contributed by atoms with E-state index in [2.05, 4.69) is 21.2 Å². The van der Waals surface area contributed by atoms with Crippen LogP contribution >= 0.6 is 15.9 Å². The van der Waals surface area contributed by atoms with Crippen molar-refractivity contribution in [1.29, 1.82) is 0 Å². The molecule has 0 spiro atoms. The first kappa shape index (κ1) is 9.21. The summed E-state index contributed by atoms with van der Waals surface area (Å²) in [5, 5.41) is 2.92. The molecule has 2 heterocycles. The molecule has 2 aliphatic heterocycles. The highest BCUT2D eigenvalue weighted by molar-refractivity contribution is 9.10. The maximum Gasteiger partial charge on any atom is 0.408 e. The van der Waals surface area contributed by atoms with E-state index in [1.54, 1.807) is 0 Å². The van der Waals surface area contributed by atoms with Crippen molar-refractivity contribution in [3.8, 4) is 0 Å². The highest BCUT2D eigenvalue weighted by Gasteiger charge is 2.53. The molecule has 1 N–H and O–H groups in total. The van der Waals surface area contributed by atoms with Gasteiger partial charge in [0.05, 0.1) is 5.54 Å². The summed E-state index contributed by atoms with van der Waals surface area (Å²) >= 11 is 3.52. The third-order valence-electron chi connectivity index (χ3n) is 3.16. The van der Waals surface area contributed by atoms with Crippen LogP contribution in [0.4, 0.5) is 4.79 Å². The SMILES string of the molecule is O=C1NC2(c3ccccc3Br)CC(C2)O1. The Labute approximate surface area is 95.9 Å². The standard InChI is InChI=1S/C11H10BrNO2/c12-9-4-2-1-3-8(9)11-5-7(6-11)15-10(14)13-11/h1-4,7H,5-6H2,(H,13,14). The van der Waals surface area contributed by atoms with E-state index in [0.717, 1.165) is 22.9 Å². The van der Waals surface area contributed by atoms with Crippen molar-refractivity contribution < 1.29 is 9.53 Å². The van der Waals surface area contributed by atoms with Crippen molar-refractivity contribution in [1.82, 2.24) is 5.32 Å². The molecule has 0 unspecified atom stereocenters. The number of benzene rings is 1. The van der Waals surface area contributed by atoms with Gasteiger partial charge in [-0.15, -0.1) is 0 Å². The third kappa shape index (κ3) is 1.28. The monoisotopic (exact) mass is 267 g/mol. The van der Waals surface area contributed by atoms with Gasteiger partial charge in [0.1, 0.15) is 6.10 Å². The number of amides is 1. The lowest BCUT2D eigenvalue weighted by Gasteiger charge is -2.52. The molecule has 78 valence electrons. The van der Waals surface area contributed by atoms with Gasteiger partial charge in [-0.25, -0.2) is 4.79 Å². The van der Waals surface area contributed by atoms with Crippen LogP contribution in [-0.4, -0.2) is 12.2 Å². The van der Waals surface area contributed by atoms with Crippen LogP contribution in [0.25, 0.3) is 0 Å². The van der Waals surface area contributed by atoms with Crippen molar-refractivity contribution in [2.24, 2.45) is 0 Å². The van der Waals surface area contributed by atoms with Crippen LogP contribution in [0.5, 0.6) is 0 Å². The first-order valence-corrected chi connectivity index (χ1v) is 5.73. The number of hydrogen-bond acceptors (Lipinski definition) is 2. The molecule has 2 saturated heterocycles. The first-order chi connectivity index (χ1) is 7.20. The zero-order valence-electron chi connectivity index (χ0n) is 8.00. The molecule has 3 fully saturated rings. The number of hydrogen-bond donors (Lipinski definition) is 1. The van der Waals surface area contributed by atoms with Crippen LogP contribution in [-0.2, 0) is 10.3 Å². The fourth-order valence-corrected chi connectivity index (χ4v) is 3.08. The molecule has 0 atom stereocenters. The molecular formula is C11H10BrNO2. The second-order valence-corrected chi connectivity index (χ2v) is 4.98. The predicted molar refractivity (Wildman–Crippen MR) is 58.5 cm³/mol. The van der Waals surface area contributed by atoms with Gasteiger partial charge in [0, 0.05) is 17.3 Å². The van der Waals surface area contributed by atoms with E-state index in [4.69, 9.17) is 4.74 Å². The van der Waals surface area contributed by atoms with E-state index < -0.39 is 0 Å². The predicted octanol–water partition coefficient (Wildman–Crippen LogP) is 2.55. The van der Waals surface area contributed by atoms with E-state index in [9.17, 15) is 4.79 Å². The minimum absolute atomic E-state index is 0.103. The van der Waals surface area contributed by atoms with Gasteiger partial charge in [-0.2, -0.15) is 0 Å². The number of rotatable bonds is 1. The second kappa shape index (κ2) is 2.98. The van der Waals surface area contributed by atoms with E-state index in [0.29, 0.717) is 0 Å². The fraction of sp³-hybridized carbons (Fsp3) is 0.364. The molecule has 2 bridgehead atoms. The van der Waals surface area contributed by atoms with Crippen LogP contribution in [0.3, 0.4) is 0 Å². The summed E-state index contributed by atoms with van der Waals surface area (Å²) in [4.78, 5) is 11.2. The Kier molecular flexibility index (Phi) is 1.83. The van der Waals surface area contributed by atoms with Crippen LogP contribution in [0.15, 0.2) is 28.7 Å². The minimum Gasteiger partial charge on any atom is -0.446 e. The molecule has 1 aromatic rings. The Morgan fingerprint density at radius 2 is 2.13 bits per heavy atom. The molecule has 4 heteroatoms. The Bertz CT molecular complexity index is 426. The number of fused-ring (bicyclic) bond motifs is 2. The first-order valence-electron chi connectivity index (χ1n) is 4.93. The summed E-state index contributed by atoms with van der Waals surface area (Å²) in [6.45, 7) is 0. The Morgan fingerprint density at radius 3 is 2.80 bits per heavy atom. The third-order valence-corrected chi connectivity index (χ3v) is 3.85. The van der Waals surface area contributed by atoms with E-state index in [1.807, 2.05) is 24.3 Å². The van der Waals surface area contributed by atoms with Crippen LogP contribution < -0.4 is 5.32 Å². The van der Waals surface area contributed by atoms with Gasteiger partial charge in [-0.1, -0.05) is 34.1 Å². The molecule has 1 aliphatic carbocycles. The quantitative estimate of drug-likeness (QED) is 0.850. The molecule has 15 heavy (non-hydrogen) atoms. The van der Waals surface area contributed by atoms with Gasteiger partial charge in [0.15, 0.2) is 0 Å². The van der Waals surface area contributed by atoms with Crippen molar-refractivity contribution in [3.63, 3.8) is 0 Å². The summed E-state index contributed by atoms with van der Waals surface area (Å²) in [5.74, 6) is 0. The zero-order chi connectivity index (χ0) is 10.5. The van der Waals surface area contributed by atoms with Gasteiger partial charge in [-0.3, -0.25) is 0 Å². The van der Waals surface area contributed by atoms with Crippen molar-refractivity contribution >= 4 is 22.0 Å². The molecule has 0 aromatic heterocycles. The Morgan fingerprint density at radius 1 is 1.40 bits per heavy atom. The Balaban J connectivity index is 2.01. The summed E-state index contributed by atoms with van der Waals surface area (Å²) in [6, 6.07) is 8.01. The number of carbonyl (C=O) groups is 1. The van der Waals surface area contributed by atoms with Crippen LogP contribution in [0.2, 0.25) is 0 Å². The summed E-state index contributed by atoms with van der Waals surface area (Å²) < 4.78 is 6.12. The molecule has 3 aliphatic rings. The number of ether oxygens (including phenoxy) is 1. The molecular weight excluding hydrogens is 258 g/mol. The van der Waals surface area contributed by atoms with Crippen molar-refractivity contribution in [3.05, 3.63) is 34.3 Å². The molecule has 1 aromatic carbocycles. The van der Waals surface area contributed by atoms with Gasteiger partial charge in [0.25, 0.3) is 0 Å². The molecule has 0 radical (unpaired) electrons. The lowest BCUT2D eigenvalue weighted by Crippen LogP contribution is -2.63. The molecule has 4 rings (SSSR count). The zero-order valence-corrected chi connectivity index (χ0v) is 9.58. The average molecular weight is 268 g/mol. The number of carbonyl (C=O) groups excluding carboxylic acids is 1. The second-order valence-electron chi connectivity index (χ2n) is 4.12. The van der Waals surface area contributed by atoms with E-state index in [1.165, 1.54) is 0 Å². The lowest BCUT2D eigenvalue weighted by molar-refractivity contribution is -0.0590. The van der Waals surface area contributed by atoms with Gasteiger partial charge in [0.2, 0.25) is 0 Å². The van der Waals surface area contributed by atoms with Gasteiger partial charge in [-0.05, 0) is 11.6 Å². The topological polar surface area (TPSA) is 38.3 Å². The van der Waals surface area contributed by atoms with E-state index >= 15 is 0 Å². The average Bonchev–Trinajstić information content (AvgIpc) is 2.16. The molecule has 1 amide bonds. The lowest BCUT2D eigenvalue weighted by atomic mass is 9.69. The normalized spacial score (nSPS) is 32.6. The fourth-order valence-electron chi connectivity index (χ4n) is 2.42. The maximum atomic E-state index is 11.2. The van der Waals surface area contributed by atoms with Crippen molar-refractivity contribution in [2.45, 2.75) is 24.5 Å². The summed E-state index contributed by atoms with van der Waals surface area (Å²) in [7, 11) is 0. The highest BCUT2D eigenvalue weighted by Crippen LogP contribution is 2.48. The summed E-state index contributed by atoms with van der Waals surface area (Å²) in [6.07, 6.45) is 1.56. The van der Waals surface area contributed by atoms with Gasteiger partial charge < -0.3 is 10.1 Å². The smallest absolute Gasteiger partial charge is 0.408 e. The number of halogens is 1. The van der Waals surface area contributed by atoms with Gasteiger partial charge >= 0.3 is 6.09 Å². The number of alkyl carbamates (subject to hydrolysis) is 1. The highest BCUT2D eigenvalue weighted by atomic mass is 79.9. The number of nitrogens with one attached hydrogen (secondary N) is 1. The minimum atomic E-state index is -0.298. The Hall–Kier alpha value is -1.03. The largest absolute Gasteiger partial charge is 0.446 e. The van der Waals surface area contributed by atoms with E-state index in [-0.39, 0.29) is 17.7 Å². The molecule has 1 saturated carbocycles. The van der Waals surface area contributed by atoms with Crippen LogP contribution in [0.1, 0.15) is 18.4 Å². The van der Waals surface area contributed by atoms with Crippen LogP contribution in [0, 0.1) is 0 Å². The maximum absolute atomic E-state index is 11.2. The summed E-state index contributed by atoms with van der Waals surface area (Å²) in [5.41, 5.74) is 0.956. The molecule has 3 nitrogen and oxygen atoms in total.